The van der Waals surface area contributed by atoms with E-state index >= 15 is 4.39 Å². The van der Waals surface area contributed by atoms with E-state index in [0.717, 1.165) is 50.6 Å². The highest BCUT2D eigenvalue weighted by atomic mass is 32.1. The summed E-state index contributed by atoms with van der Waals surface area (Å²) in [5, 5.41) is 11.8. The van der Waals surface area contributed by atoms with Gasteiger partial charge in [0.2, 0.25) is 0 Å². The SMILES string of the molecule is CC.CCNc1nc(OC)nc2c(F)c(-c3ccc(F)c4sc(N)c(C#N)c34)c(C(F)(F)F)cc12.COC(=O)N1CCCC1C.FC1CC2CCCN2C1. The number of thiophene rings is 1. The van der Waals surface area contributed by atoms with E-state index in [1.54, 1.807) is 17.9 Å². The first kappa shape index (κ1) is 42.2. The molecule has 3 unspecified atom stereocenters. The molecule has 294 valence electrons. The molecule has 3 saturated heterocycles. The van der Waals surface area contributed by atoms with Crippen LogP contribution >= 0.6 is 11.3 Å². The second-order valence-electron chi connectivity index (χ2n) is 12.6. The minimum absolute atomic E-state index is 0.0444. The van der Waals surface area contributed by atoms with Crippen molar-refractivity contribution in [3.8, 4) is 23.2 Å². The number of nitrogens with two attached hydrogens (primary N) is 1. The van der Waals surface area contributed by atoms with E-state index in [1.165, 1.54) is 27.1 Å². The van der Waals surface area contributed by atoms with Crippen molar-refractivity contribution in [3.05, 3.63) is 41.0 Å². The number of alkyl halides is 4. The number of halogens is 6. The van der Waals surface area contributed by atoms with Gasteiger partial charge in [0.25, 0.3) is 0 Å². The number of rotatable bonds is 4. The highest BCUT2D eigenvalue weighted by Gasteiger charge is 2.38. The smallest absolute Gasteiger partial charge is 0.417 e. The predicted molar refractivity (Wildman–Crippen MR) is 198 cm³/mol. The third kappa shape index (κ3) is 8.86. The van der Waals surface area contributed by atoms with Gasteiger partial charge < -0.3 is 25.4 Å². The number of aromatic nitrogens is 2. The number of amides is 1. The summed E-state index contributed by atoms with van der Waals surface area (Å²) in [5.41, 5.74) is 2.59. The highest BCUT2D eigenvalue weighted by molar-refractivity contribution is 7.23. The molecule has 3 aliphatic heterocycles. The zero-order valence-electron chi connectivity index (χ0n) is 31.0. The molecule has 3 fully saturated rings. The van der Waals surface area contributed by atoms with Gasteiger partial charge in [0.05, 0.1) is 30.0 Å². The Labute approximate surface area is 314 Å². The molecule has 0 bridgehead atoms. The van der Waals surface area contributed by atoms with Gasteiger partial charge in [0.1, 0.15) is 34.4 Å². The quantitative estimate of drug-likeness (QED) is 0.195. The fourth-order valence-corrected chi connectivity index (χ4v) is 7.89. The van der Waals surface area contributed by atoms with Crippen molar-refractivity contribution in [2.45, 2.75) is 84.2 Å². The first-order valence-electron chi connectivity index (χ1n) is 17.8. The third-order valence-electron chi connectivity index (χ3n) is 9.36. The Bertz CT molecular complexity index is 1970. The zero-order valence-corrected chi connectivity index (χ0v) is 31.9. The van der Waals surface area contributed by atoms with Gasteiger partial charge in [-0.1, -0.05) is 19.9 Å². The van der Waals surface area contributed by atoms with Crippen molar-refractivity contribution in [1.82, 2.24) is 19.8 Å². The van der Waals surface area contributed by atoms with Crippen molar-refractivity contribution < 1.29 is 40.6 Å². The number of ether oxygens (including phenoxy) is 2. The number of hydrogen-bond acceptors (Lipinski definition) is 10. The van der Waals surface area contributed by atoms with Crippen LogP contribution in [0.15, 0.2) is 18.2 Å². The molecule has 2 aromatic carbocycles. The van der Waals surface area contributed by atoms with E-state index in [4.69, 9.17) is 10.5 Å². The molecule has 54 heavy (non-hydrogen) atoms. The topological polar surface area (TPSA) is 130 Å². The standard InChI is InChI=1S/C21H14F5N5OS.C7H12FN.C7H13NO2.C2H6/c1-3-29-19-9-6-11(21(24,25)26)14(15(23)16(9)30-20(31-19)32-2)8-4-5-12(22)17-13(8)10(7-27)18(28)33-17;8-6-4-7-2-1-3-9(7)5-6;1-6-4-3-5-8(6)7(9)10-2;1-2/h4-6H,3,28H2,1-2H3,(H,29,30,31);6-7H,1-5H2;6H,3-5H2,1-2H3;1-2H3. The maximum absolute atomic E-state index is 15.9. The Morgan fingerprint density at radius 2 is 1.85 bits per heavy atom. The van der Waals surface area contributed by atoms with Gasteiger partial charge in [-0.2, -0.15) is 28.4 Å². The molecule has 2 aromatic heterocycles. The van der Waals surface area contributed by atoms with Gasteiger partial charge in [-0.3, -0.25) is 4.90 Å². The fraction of sp³-hybridized carbons (Fsp3) is 0.514. The van der Waals surface area contributed by atoms with Crippen LogP contribution in [0.3, 0.4) is 0 Å². The number of nitrogen functional groups attached to an aromatic ring is 1. The van der Waals surface area contributed by atoms with Crippen molar-refractivity contribution in [3.63, 3.8) is 0 Å². The molecule has 17 heteroatoms. The van der Waals surface area contributed by atoms with E-state index in [-0.39, 0.29) is 56.1 Å². The van der Waals surface area contributed by atoms with Crippen LogP contribution < -0.4 is 15.8 Å². The molecule has 3 N–H and O–H groups in total. The van der Waals surface area contributed by atoms with E-state index < -0.39 is 40.6 Å². The summed E-state index contributed by atoms with van der Waals surface area (Å²) in [7, 11) is 2.66. The Hall–Kier alpha value is -4.56. The Morgan fingerprint density at radius 1 is 1.15 bits per heavy atom. The first-order chi connectivity index (χ1) is 25.7. The number of fused-ring (bicyclic) bond motifs is 3. The van der Waals surface area contributed by atoms with Crippen LogP contribution in [-0.4, -0.2) is 84.5 Å². The van der Waals surface area contributed by atoms with E-state index in [0.29, 0.717) is 30.0 Å². The van der Waals surface area contributed by atoms with Gasteiger partial charge in [-0.15, -0.1) is 11.3 Å². The first-order valence-corrected chi connectivity index (χ1v) is 18.6. The minimum atomic E-state index is -5.00. The molecular weight excluding hydrogens is 737 g/mol. The summed E-state index contributed by atoms with van der Waals surface area (Å²) < 4.78 is 94.8. The van der Waals surface area contributed by atoms with Crippen LogP contribution in [0.5, 0.6) is 6.01 Å². The number of carbonyl (C=O) groups is 1. The summed E-state index contributed by atoms with van der Waals surface area (Å²) >= 11 is 0.698. The predicted octanol–water partition coefficient (Wildman–Crippen LogP) is 9.16. The summed E-state index contributed by atoms with van der Waals surface area (Å²) in [4.78, 5) is 22.9. The molecule has 0 saturated carbocycles. The second kappa shape index (κ2) is 18.2. The number of nitrogens with one attached hydrogen (secondary N) is 1. The third-order valence-corrected chi connectivity index (χ3v) is 10.4. The molecule has 0 aliphatic carbocycles. The summed E-state index contributed by atoms with van der Waals surface area (Å²) in [6, 6.07) is 5.12. The highest BCUT2D eigenvalue weighted by Crippen LogP contribution is 2.47. The number of nitriles is 1. The van der Waals surface area contributed by atoms with Crippen LogP contribution in [0.25, 0.3) is 32.1 Å². The van der Waals surface area contributed by atoms with Crippen molar-refractivity contribution in [2.75, 3.05) is 51.4 Å². The lowest BCUT2D eigenvalue weighted by atomic mass is 9.92. The summed E-state index contributed by atoms with van der Waals surface area (Å²) in [6.07, 6.45) is -0.160. The molecule has 0 radical (unpaired) electrons. The number of carbonyl (C=O) groups excluding carboxylic acids is 1. The van der Waals surface area contributed by atoms with Gasteiger partial charge in [-0.25, -0.2) is 18.0 Å². The lowest BCUT2D eigenvalue weighted by Crippen LogP contribution is -2.33. The van der Waals surface area contributed by atoms with Crippen molar-refractivity contribution >= 4 is 49.2 Å². The molecule has 0 spiro atoms. The maximum Gasteiger partial charge on any atom is 0.417 e. The Balaban J connectivity index is 0.000000249. The number of anilines is 2. The molecular formula is C37H45F6N7O3S. The van der Waals surface area contributed by atoms with E-state index in [9.17, 15) is 32.0 Å². The van der Waals surface area contributed by atoms with Crippen LogP contribution in [0, 0.1) is 23.0 Å². The van der Waals surface area contributed by atoms with Crippen molar-refractivity contribution in [2.24, 2.45) is 0 Å². The lowest BCUT2D eigenvalue weighted by Gasteiger charge is -2.18. The molecule has 4 aromatic rings. The Morgan fingerprint density at radius 3 is 2.43 bits per heavy atom. The van der Waals surface area contributed by atoms with E-state index in [2.05, 4.69) is 24.9 Å². The van der Waals surface area contributed by atoms with Gasteiger partial charge >= 0.3 is 18.3 Å². The molecule has 3 atom stereocenters. The van der Waals surface area contributed by atoms with Crippen molar-refractivity contribution in [1.29, 1.82) is 5.26 Å². The average molecular weight is 782 g/mol. The molecule has 7 rings (SSSR count). The zero-order chi connectivity index (χ0) is 39.9. The van der Waals surface area contributed by atoms with Crippen LogP contribution in [0.4, 0.5) is 42.0 Å². The number of methoxy groups -OCH3 is 2. The summed E-state index contributed by atoms with van der Waals surface area (Å²) in [5.74, 6) is -2.15. The van der Waals surface area contributed by atoms with Gasteiger partial charge in [0.15, 0.2) is 5.82 Å². The fourth-order valence-electron chi connectivity index (χ4n) is 6.94. The average Bonchev–Trinajstić information content (AvgIpc) is 3.93. The monoisotopic (exact) mass is 781 g/mol. The molecule has 3 aliphatic rings. The molecule has 5 heterocycles. The van der Waals surface area contributed by atoms with E-state index in [1.807, 2.05) is 20.8 Å². The normalized spacial score (nSPS) is 19.2. The van der Waals surface area contributed by atoms with Crippen LogP contribution in [0.1, 0.15) is 70.9 Å². The van der Waals surface area contributed by atoms with Crippen LogP contribution in [-0.2, 0) is 10.9 Å². The second-order valence-corrected chi connectivity index (χ2v) is 13.7. The number of likely N-dealkylation sites (tertiary alicyclic amines) is 1. The maximum atomic E-state index is 15.9. The number of benzene rings is 2. The van der Waals surface area contributed by atoms with Crippen LogP contribution in [0.2, 0.25) is 0 Å². The summed E-state index contributed by atoms with van der Waals surface area (Å²) in [6.45, 7) is 10.7. The molecule has 10 nitrogen and oxygen atoms in total. The molecule has 1 amide bonds. The Kier molecular flexibility index (Phi) is 14.2. The van der Waals surface area contributed by atoms with Gasteiger partial charge in [-0.05, 0) is 70.2 Å². The lowest BCUT2D eigenvalue weighted by molar-refractivity contribution is -0.137. The largest absolute Gasteiger partial charge is 0.467 e. The number of nitrogens with zero attached hydrogens (tertiary/aromatic N) is 5. The minimum Gasteiger partial charge on any atom is -0.467 e. The number of hydrogen-bond donors (Lipinski definition) is 2. The van der Waals surface area contributed by atoms with Gasteiger partial charge in [0, 0.05) is 48.1 Å².